The van der Waals surface area contributed by atoms with E-state index in [1.807, 2.05) is 55.5 Å². The number of carbonyl (C=O) groups is 1. The Morgan fingerprint density at radius 1 is 1.15 bits per heavy atom. The van der Waals surface area contributed by atoms with Gasteiger partial charge in [-0.3, -0.25) is 4.79 Å². The van der Waals surface area contributed by atoms with Gasteiger partial charge in [-0.05, 0) is 36.8 Å². The van der Waals surface area contributed by atoms with Gasteiger partial charge >= 0.3 is 0 Å². The second kappa shape index (κ2) is 7.01. The lowest BCUT2D eigenvalue weighted by Gasteiger charge is -2.11. The predicted octanol–water partition coefficient (Wildman–Crippen LogP) is 3.56. The SMILES string of the molecule is CCOc1ccccc1NC(=O)Cc1ccc(S)cc1. The van der Waals surface area contributed by atoms with Crippen LogP contribution < -0.4 is 10.1 Å². The van der Waals surface area contributed by atoms with Gasteiger partial charge in [0, 0.05) is 4.90 Å². The smallest absolute Gasteiger partial charge is 0.228 e. The molecule has 2 aromatic rings. The molecular weight excluding hydrogens is 270 g/mol. The predicted molar refractivity (Wildman–Crippen MR) is 83.6 cm³/mol. The van der Waals surface area contributed by atoms with Crippen LogP contribution in [0, 0.1) is 0 Å². The van der Waals surface area contributed by atoms with Crippen molar-refractivity contribution in [3.63, 3.8) is 0 Å². The number of nitrogens with one attached hydrogen (secondary N) is 1. The molecule has 0 heterocycles. The van der Waals surface area contributed by atoms with Crippen molar-refractivity contribution in [2.75, 3.05) is 11.9 Å². The highest BCUT2D eigenvalue weighted by Gasteiger charge is 2.08. The lowest BCUT2D eigenvalue weighted by atomic mass is 10.1. The molecule has 2 aromatic carbocycles. The minimum absolute atomic E-state index is 0.0657. The fraction of sp³-hybridized carbons (Fsp3) is 0.188. The Morgan fingerprint density at radius 2 is 1.85 bits per heavy atom. The van der Waals surface area contributed by atoms with Gasteiger partial charge in [0.25, 0.3) is 0 Å². The van der Waals surface area contributed by atoms with Crippen LogP contribution in [0.4, 0.5) is 5.69 Å². The first-order valence-corrected chi connectivity index (χ1v) is 6.93. The maximum atomic E-state index is 12.0. The number of para-hydroxylation sites is 2. The van der Waals surface area contributed by atoms with Crippen molar-refractivity contribution in [2.24, 2.45) is 0 Å². The van der Waals surface area contributed by atoms with E-state index >= 15 is 0 Å². The summed E-state index contributed by atoms with van der Waals surface area (Å²) in [5, 5.41) is 2.88. The van der Waals surface area contributed by atoms with E-state index in [-0.39, 0.29) is 5.91 Å². The zero-order valence-corrected chi connectivity index (χ0v) is 12.2. The van der Waals surface area contributed by atoms with Crippen molar-refractivity contribution >= 4 is 24.2 Å². The lowest BCUT2D eigenvalue weighted by molar-refractivity contribution is -0.115. The Kier molecular flexibility index (Phi) is 5.07. The number of hydrogen-bond acceptors (Lipinski definition) is 3. The van der Waals surface area contributed by atoms with E-state index < -0.39 is 0 Å². The number of rotatable bonds is 5. The van der Waals surface area contributed by atoms with E-state index in [1.54, 1.807) is 0 Å². The van der Waals surface area contributed by atoms with Gasteiger partial charge in [-0.15, -0.1) is 12.6 Å². The molecule has 1 N–H and O–H groups in total. The van der Waals surface area contributed by atoms with Crippen molar-refractivity contribution in [3.05, 3.63) is 54.1 Å². The average Bonchev–Trinajstić information content (AvgIpc) is 2.44. The number of anilines is 1. The Morgan fingerprint density at radius 3 is 2.55 bits per heavy atom. The van der Waals surface area contributed by atoms with E-state index in [2.05, 4.69) is 17.9 Å². The zero-order valence-electron chi connectivity index (χ0n) is 11.3. The van der Waals surface area contributed by atoms with E-state index in [9.17, 15) is 4.79 Å². The van der Waals surface area contributed by atoms with Crippen LogP contribution >= 0.6 is 12.6 Å². The first-order valence-electron chi connectivity index (χ1n) is 6.48. The molecule has 104 valence electrons. The second-order valence-corrected chi connectivity index (χ2v) is 4.84. The van der Waals surface area contributed by atoms with Gasteiger partial charge in [-0.25, -0.2) is 0 Å². The van der Waals surface area contributed by atoms with Crippen LogP contribution in [-0.4, -0.2) is 12.5 Å². The Bertz CT molecular complexity index is 581. The van der Waals surface area contributed by atoms with Gasteiger partial charge in [0.15, 0.2) is 0 Å². The minimum atomic E-state index is -0.0657. The monoisotopic (exact) mass is 287 g/mol. The molecule has 0 saturated heterocycles. The largest absolute Gasteiger partial charge is 0.492 e. The van der Waals surface area contributed by atoms with Gasteiger partial charge in [0.1, 0.15) is 5.75 Å². The third-order valence-electron chi connectivity index (χ3n) is 2.76. The molecule has 4 heteroatoms. The van der Waals surface area contributed by atoms with Crippen LogP contribution in [0.3, 0.4) is 0 Å². The topological polar surface area (TPSA) is 38.3 Å². The number of amides is 1. The molecule has 0 aromatic heterocycles. The highest BCUT2D eigenvalue weighted by atomic mass is 32.1. The number of hydrogen-bond donors (Lipinski definition) is 2. The maximum Gasteiger partial charge on any atom is 0.228 e. The highest BCUT2D eigenvalue weighted by molar-refractivity contribution is 7.80. The van der Waals surface area contributed by atoms with E-state index in [0.717, 1.165) is 10.5 Å². The first-order chi connectivity index (χ1) is 9.69. The summed E-state index contributed by atoms with van der Waals surface area (Å²) < 4.78 is 5.48. The van der Waals surface area contributed by atoms with Gasteiger partial charge in [0.05, 0.1) is 18.7 Å². The third kappa shape index (κ3) is 4.03. The summed E-state index contributed by atoms with van der Waals surface area (Å²) >= 11 is 4.22. The first kappa shape index (κ1) is 14.5. The van der Waals surface area contributed by atoms with Gasteiger partial charge in [-0.2, -0.15) is 0 Å². The van der Waals surface area contributed by atoms with E-state index in [4.69, 9.17) is 4.74 Å². The number of thiol groups is 1. The molecule has 20 heavy (non-hydrogen) atoms. The molecule has 0 radical (unpaired) electrons. The number of ether oxygens (including phenoxy) is 1. The second-order valence-electron chi connectivity index (χ2n) is 4.32. The Balaban J connectivity index is 2.02. The van der Waals surface area contributed by atoms with Crippen LogP contribution in [0.25, 0.3) is 0 Å². The quantitative estimate of drug-likeness (QED) is 0.825. The summed E-state index contributed by atoms with van der Waals surface area (Å²) in [5.41, 5.74) is 1.65. The molecule has 0 atom stereocenters. The molecule has 0 aliphatic carbocycles. The zero-order chi connectivity index (χ0) is 14.4. The van der Waals surface area contributed by atoms with Crippen molar-refractivity contribution in [1.82, 2.24) is 0 Å². The third-order valence-corrected chi connectivity index (χ3v) is 3.06. The van der Waals surface area contributed by atoms with Crippen LogP contribution in [0.15, 0.2) is 53.4 Å². The Hall–Kier alpha value is -1.94. The van der Waals surface area contributed by atoms with Crippen LogP contribution in [-0.2, 0) is 11.2 Å². The van der Waals surface area contributed by atoms with Crippen LogP contribution in [0.2, 0.25) is 0 Å². The molecule has 0 unspecified atom stereocenters. The normalized spacial score (nSPS) is 10.1. The summed E-state index contributed by atoms with van der Waals surface area (Å²) in [4.78, 5) is 12.9. The summed E-state index contributed by atoms with van der Waals surface area (Å²) in [5.74, 6) is 0.623. The fourth-order valence-electron chi connectivity index (χ4n) is 1.84. The molecule has 0 fully saturated rings. The fourth-order valence-corrected chi connectivity index (χ4v) is 1.99. The van der Waals surface area contributed by atoms with Crippen molar-refractivity contribution < 1.29 is 9.53 Å². The molecule has 1 amide bonds. The van der Waals surface area contributed by atoms with Crippen molar-refractivity contribution in [3.8, 4) is 5.75 Å². The van der Waals surface area contributed by atoms with Crippen molar-refractivity contribution in [2.45, 2.75) is 18.2 Å². The lowest BCUT2D eigenvalue weighted by Crippen LogP contribution is -2.15. The Labute approximate surface area is 124 Å². The molecule has 0 spiro atoms. The van der Waals surface area contributed by atoms with E-state index in [1.165, 1.54) is 0 Å². The van der Waals surface area contributed by atoms with Gasteiger partial charge in [0.2, 0.25) is 5.91 Å². The average molecular weight is 287 g/mol. The minimum Gasteiger partial charge on any atom is -0.492 e. The molecule has 0 saturated carbocycles. The van der Waals surface area contributed by atoms with Crippen LogP contribution in [0.1, 0.15) is 12.5 Å². The molecule has 0 bridgehead atoms. The van der Waals surface area contributed by atoms with Gasteiger partial charge in [-0.1, -0.05) is 24.3 Å². The summed E-state index contributed by atoms with van der Waals surface area (Å²) in [6.07, 6.45) is 0.328. The summed E-state index contributed by atoms with van der Waals surface area (Å²) in [6.45, 7) is 2.48. The number of carbonyl (C=O) groups excluding carboxylic acids is 1. The van der Waals surface area contributed by atoms with E-state index in [0.29, 0.717) is 24.5 Å². The number of benzene rings is 2. The van der Waals surface area contributed by atoms with Gasteiger partial charge < -0.3 is 10.1 Å². The molecule has 2 rings (SSSR count). The highest BCUT2D eigenvalue weighted by Crippen LogP contribution is 2.23. The standard InChI is InChI=1S/C16H17NO2S/c1-2-19-15-6-4-3-5-14(15)17-16(18)11-12-7-9-13(20)10-8-12/h3-10,20H,2,11H2,1H3,(H,17,18). The maximum absolute atomic E-state index is 12.0. The molecule has 0 aliphatic rings. The van der Waals surface area contributed by atoms with Crippen molar-refractivity contribution in [1.29, 1.82) is 0 Å². The summed E-state index contributed by atoms with van der Waals surface area (Å²) in [6, 6.07) is 15.0. The molecular formula is C16H17NO2S. The summed E-state index contributed by atoms with van der Waals surface area (Å²) in [7, 11) is 0. The molecule has 3 nitrogen and oxygen atoms in total. The molecule has 0 aliphatic heterocycles. The van der Waals surface area contributed by atoms with Crippen LogP contribution in [0.5, 0.6) is 5.75 Å².